The van der Waals surface area contributed by atoms with E-state index in [-0.39, 0.29) is 0 Å². The maximum atomic E-state index is 6.58. The molecule has 1 nitrogen and oxygen atoms in total. The molecule has 0 aliphatic rings. The summed E-state index contributed by atoms with van der Waals surface area (Å²) < 4.78 is 5.43. The Labute approximate surface area is 119 Å². The normalized spacial score (nSPS) is 11.7. The number of hydrogen-bond acceptors (Lipinski definition) is 1. The van der Waals surface area contributed by atoms with Crippen molar-refractivity contribution in [3.05, 3.63) is 58.8 Å². The summed E-state index contributed by atoms with van der Waals surface area (Å²) in [6.07, 6.45) is 1.64. The minimum Gasteiger partial charge on any atom is -0.463 e. The van der Waals surface area contributed by atoms with Gasteiger partial charge in [0.25, 0.3) is 0 Å². The molecule has 3 aromatic carbocycles. The highest BCUT2D eigenvalue weighted by Gasteiger charge is 2.13. The summed E-state index contributed by atoms with van der Waals surface area (Å²) in [6.45, 7) is 0. The van der Waals surface area contributed by atoms with Gasteiger partial charge in [-0.05, 0) is 29.0 Å². The molecule has 0 aliphatic heterocycles. The highest BCUT2D eigenvalue weighted by molar-refractivity contribution is 6.44. The van der Waals surface area contributed by atoms with Gasteiger partial charge < -0.3 is 4.42 Å². The van der Waals surface area contributed by atoms with Crippen LogP contribution in [0.3, 0.4) is 0 Å². The predicted octanol–water partition coefficient (Wildman–Crippen LogP) is 6.05. The first-order valence-electron chi connectivity index (χ1n) is 5.92. The van der Waals surface area contributed by atoms with E-state index in [1.807, 2.05) is 36.4 Å². The van der Waals surface area contributed by atoms with Crippen molar-refractivity contribution in [2.75, 3.05) is 0 Å². The molecule has 19 heavy (non-hydrogen) atoms. The van der Waals surface area contributed by atoms with Gasteiger partial charge in [0.2, 0.25) is 0 Å². The molecule has 0 saturated carbocycles. The van der Waals surface area contributed by atoms with E-state index >= 15 is 0 Å². The number of furan rings is 1. The molecular formula is C16H8Cl2O. The summed E-state index contributed by atoms with van der Waals surface area (Å²) in [6, 6.07) is 14.0. The van der Waals surface area contributed by atoms with Gasteiger partial charge in [-0.2, -0.15) is 0 Å². The van der Waals surface area contributed by atoms with Crippen molar-refractivity contribution in [3.63, 3.8) is 0 Å². The molecule has 0 saturated heterocycles. The summed E-state index contributed by atoms with van der Waals surface area (Å²) in [5.41, 5.74) is 0.686. The predicted molar refractivity (Wildman–Crippen MR) is 81.2 cm³/mol. The molecule has 0 spiro atoms. The molecule has 1 aromatic heterocycles. The number of halogens is 2. The van der Waals surface area contributed by atoms with E-state index in [0.717, 1.165) is 32.0 Å². The van der Waals surface area contributed by atoms with Gasteiger partial charge in [0.1, 0.15) is 0 Å². The first-order valence-corrected chi connectivity index (χ1v) is 6.68. The van der Waals surface area contributed by atoms with Crippen LogP contribution in [0.4, 0.5) is 0 Å². The zero-order valence-corrected chi connectivity index (χ0v) is 11.3. The van der Waals surface area contributed by atoms with Crippen LogP contribution in [0.1, 0.15) is 0 Å². The first-order chi connectivity index (χ1) is 9.25. The monoisotopic (exact) mass is 286 g/mol. The van der Waals surface area contributed by atoms with Crippen molar-refractivity contribution in [2.24, 2.45) is 0 Å². The van der Waals surface area contributed by atoms with Crippen LogP contribution >= 0.6 is 23.2 Å². The maximum Gasteiger partial charge on any atom is 0.153 e. The first kappa shape index (κ1) is 11.2. The van der Waals surface area contributed by atoms with Gasteiger partial charge >= 0.3 is 0 Å². The molecule has 0 radical (unpaired) electrons. The number of fused-ring (bicyclic) bond motifs is 4. The van der Waals surface area contributed by atoms with Crippen LogP contribution in [-0.4, -0.2) is 0 Å². The van der Waals surface area contributed by atoms with Gasteiger partial charge in [-0.1, -0.05) is 47.5 Å². The van der Waals surface area contributed by atoms with Crippen molar-refractivity contribution in [2.45, 2.75) is 0 Å². The molecule has 92 valence electrons. The van der Waals surface area contributed by atoms with Gasteiger partial charge in [-0.3, -0.25) is 0 Å². The van der Waals surface area contributed by atoms with E-state index in [4.69, 9.17) is 27.6 Å². The topological polar surface area (TPSA) is 13.1 Å². The average molecular weight is 287 g/mol. The van der Waals surface area contributed by atoms with Crippen LogP contribution in [0.25, 0.3) is 32.5 Å². The zero-order valence-electron chi connectivity index (χ0n) is 9.78. The lowest BCUT2D eigenvalue weighted by atomic mass is 10.0. The molecule has 0 N–H and O–H groups in total. The maximum absolute atomic E-state index is 6.58. The van der Waals surface area contributed by atoms with Crippen LogP contribution in [-0.2, 0) is 0 Å². The van der Waals surface area contributed by atoms with E-state index in [1.54, 1.807) is 6.26 Å². The Hall–Kier alpha value is -1.70. The summed E-state index contributed by atoms with van der Waals surface area (Å²) in [4.78, 5) is 0. The van der Waals surface area contributed by atoms with E-state index in [0.29, 0.717) is 10.6 Å². The molecule has 0 amide bonds. The average Bonchev–Trinajstić information content (AvgIpc) is 2.88. The zero-order chi connectivity index (χ0) is 13.0. The fourth-order valence-electron chi connectivity index (χ4n) is 2.60. The van der Waals surface area contributed by atoms with Crippen LogP contribution in [0.5, 0.6) is 0 Å². The second kappa shape index (κ2) is 3.89. The fourth-order valence-corrected chi connectivity index (χ4v) is 3.25. The largest absolute Gasteiger partial charge is 0.463 e. The van der Waals surface area contributed by atoms with Gasteiger partial charge in [0, 0.05) is 16.2 Å². The molecule has 3 heteroatoms. The van der Waals surface area contributed by atoms with E-state index < -0.39 is 0 Å². The second-order valence-corrected chi connectivity index (χ2v) is 5.32. The number of rotatable bonds is 0. The standard InChI is InChI=1S/C16H8Cl2O/c17-13-8-10-7-9-3-1-2-4-11(9)15(18)14(10)12-5-6-19-16(12)13/h1-8H. The lowest BCUT2D eigenvalue weighted by molar-refractivity contribution is 0.616. The Balaban J connectivity index is 2.36. The molecule has 0 unspecified atom stereocenters. The summed E-state index contributed by atoms with van der Waals surface area (Å²) >= 11 is 12.8. The fraction of sp³-hybridized carbons (Fsp3) is 0. The molecule has 0 aliphatic carbocycles. The van der Waals surface area contributed by atoms with Crippen molar-refractivity contribution in [1.29, 1.82) is 0 Å². The number of benzene rings is 3. The lowest BCUT2D eigenvalue weighted by Crippen LogP contribution is -1.81. The van der Waals surface area contributed by atoms with Crippen molar-refractivity contribution < 1.29 is 4.42 Å². The quantitative estimate of drug-likeness (QED) is 0.359. The Kier molecular flexibility index (Phi) is 2.29. The minimum absolute atomic E-state index is 0.610. The van der Waals surface area contributed by atoms with Gasteiger partial charge in [-0.15, -0.1) is 0 Å². The third-order valence-corrected chi connectivity index (χ3v) is 4.12. The van der Waals surface area contributed by atoms with E-state index in [2.05, 4.69) is 6.07 Å². The van der Waals surface area contributed by atoms with Gasteiger partial charge in [0.05, 0.1) is 16.3 Å². The molecule has 4 rings (SSSR count). The minimum atomic E-state index is 0.610. The molecule has 0 atom stereocenters. The summed E-state index contributed by atoms with van der Waals surface area (Å²) in [5.74, 6) is 0. The van der Waals surface area contributed by atoms with Crippen LogP contribution in [0.15, 0.2) is 53.1 Å². The van der Waals surface area contributed by atoms with Crippen LogP contribution in [0.2, 0.25) is 10.0 Å². The second-order valence-electron chi connectivity index (χ2n) is 4.53. The molecule has 0 bridgehead atoms. The van der Waals surface area contributed by atoms with Crippen LogP contribution in [0, 0.1) is 0 Å². The molecular weight excluding hydrogens is 279 g/mol. The Bertz CT molecular complexity index is 938. The summed E-state index contributed by atoms with van der Waals surface area (Å²) in [5, 5.41) is 6.49. The molecule has 4 aromatic rings. The van der Waals surface area contributed by atoms with Crippen molar-refractivity contribution >= 4 is 55.7 Å². The third-order valence-electron chi connectivity index (χ3n) is 3.45. The Morgan fingerprint density at radius 2 is 1.68 bits per heavy atom. The Morgan fingerprint density at radius 1 is 0.842 bits per heavy atom. The van der Waals surface area contributed by atoms with E-state index in [9.17, 15) is 0 Å². The Morgan fingerprint density at radius 3 is 2.58 bits per heavy atom. The lowest BCUT2D eigenvalue weighted by Gasteiger charge is -2.07. The van der Waals surface area contributed by atoms with Crippen molar-refractivity contribution in [1.82, 2.24) is 0 Å². The van der Waals surface area contributed by atoms with Gasteiger partial charge in [0.15, 0.2) is 5.58 Å². The highest BCUT2D eigenvalue weighted by Crippen LogP contribution is 2.39. The SMILES string of the molecule is Clc1cc2cc3ccccc3c(Cl)c2c2ccoc12. The highest BCUT2D eigenvalue weighted by atomic mass is 35.5. The van der Waals surface area contributed by atoms with Gasteiger partial charge in [-0.25, -0.2) is 0 Å². The van der Waals surface area contributed by atoms with Crippen LogP contribution < -0.4 is 0 Å². The number of hydrogen-bond donors (Lipinski definition) is 0. The molecule has 1 heterocycles. The summed E-state index contributed by atoms with van der Waals surface area (Å²) in [7, 11) is 0. The smallest absolute Gasteiger partial charge is 0.153 e. The van der Waals surface area contributed by atoms with Crippen molar-refractivity contribution in [3.8, 4) is 0 Å². The third kappa shape index (κ3) is 1.49. The van der Waals surface area contributed by atoms with E-state index in [1.165, 1.54) is 0 Å². The molecule has 0 fully saturated rings.